The van der Waals surface area contributed by atoms with Crippen molar-refractivity contribution in [2.45, 2.75) is 17.9 Å². The standard InChI is InChI=1S/C12H15NO5S/c1-9-7-13(4-5-16-9)19(14,15)10-2-3-11-12(6-10)18-8-17-11/h2-3,6,9H,4-5,7-8H2,1H3/t9-/m1/s1. The summed E-state index contributed by atoms with van der Waals surface area (Å²) >= 11 is 0. The highest BCUT2D eigenvalue weighted by Gasteiger charge is 2.30. The number of rotatable bonds is 2. The van der Waals surface area contributed by atoms with Gasteiger partial charge in [-0.25, -0.2) is 8.42 Å². The van der Waals surface area contributed by atoms with E-state index in [2.05, 4.69) is 0 Å². The monoisotopic (exact) mass is 285 g/mol. The van der Waals surface area contributed by atoms with E-state index >= 15 is 0 Å². The molecule has 1 aromatic rings. The Bertz CT molecular complexity index is 586. The molecule has 2 aliphatic heterocycles. The number of sulfonamides is 1. The van der Waals surface area contributed by atoms with Crippen LogP contribution in [0.25, 0.3) is 0 Å². The number of nitrogens with zero attached hydrogens (tertiary/aromatic N) is 1. The maximum atomic E-state index is 12.5. The van der Waals surface area contributed by atoms with Crippen LogP contribution in [0.4, 0.5) is 0 Å². The van der Waals surface area contributed by atoms with E-state index in [9.17, 15) is 8.42 Å². The van der Waals surface area contributed by atoms with Gasteiger partial charge in [-0.15, -0.1) is 0 Å². The molecule has 1 atom stereocenters. The van der Waals surface area contributed by atoms with Gasteiger partial charge in [0, 0.05) is 19.2 Å². The van der Waals surface area contributed by atoms with Gasteiger partial charge in [-0.1, -0.05) is 0 Å². The zero-order chi connectivity index (χ0) is 13.5. The molecule has 0 spiro atoms. The van der Waals surface area contributed by atoms with Gasteiger partial charge in [0.25, 0.3) is 0 Å². The third kappa shape index (κ3) is 2.29. The molecule has 0 aliphatic carbocycles. The molecule has 6 nitrogen and oxygen atoms in total. The first kappa shape index (κ1) is 12.7. The van der Waals surface area contributed by atoms with Crippen molar-refractivity contribution in [3.8, 4) is 11.5 Å². The van der Waals surface area contributed by atoms with Gasteiger partial charge in [0.05, 0.1) is 17.6 Å². The first-order valence-corrected chi connectivity index (χ1v) is 7.53. The molecule has 1 aromatic carbocycles. The summed E-state index contributed by atoms with van der Waals surface area (Å²) in [5, 5.41) is 0. The molecule has 0 bridgehead atoms. The summed E-state index contributed by atoms with van der Waals surface area (Å²) in [7, 11) is -3.50. The zero-order valence-electron chi connectivity index (χ0n) is 10.5. The van der Waals surface area contributed by atoms with E-state index in [1.807, 2.05) is 6.92 Å². The second-order valence-electron chi connectivity index (χ2n) is 4.56. The van der Waals surface area contributed by atoms with Crippen molar-refractivity contribution in [2.75, 3.05) is 26.5 Å². The Kier molecular flexibility index (Phi) is 3.12. The molecular formula is C12H15NO5S. The van der Waals surface area contributed by atoms with Gasteiger partial charge in [0.2, 0.25) is 16.8 Å². The Labute approximate surface area is 111 Å². The van der Waals surface area contributed by atoms with Gasteiger partial charge in [0.15, 0.2) is 11.5 Å². The van der Waals surface area contributed by atoms with Crippen molar-refractivity contribution in [1.82, 2.24) is 4.31 Å². The van der Waals surface area contributed by atoms with Gasteiger partial charge in [-0.3, -0.25) is 0 Å². The molecule has 104 valence electrons. The van der Waals surface area contributed by atoms with Crippen molar-refractivity contribution in [1.29, 1.82) is 0 Å². The summed E-state index contributed by atoms with van der Waals surface area (Å²) in [5.41, 5.74) is 0. The molecule has 1 saturated heterocycles. The predicted octanol–water partition coefficient (Wildman–Crippen LogP) is 0.825. The van der Waals surface area contributed by atoms with Crippen LogP contribution in [-0.4, -0.2) is 45.3 Å². The van der Waals surface area contributed by atoms with Crippen molar-refractivity contribution >= 4 is 10.0 Å². The summed E-state index contributed by atoms with van der Waals surface area (Å²) in [6.45, 7) is 3.16. The van der Waals surface area contributed by atoms with Crippen LogP contribution in [-0.2, 0) is 14.8 Å². The fraction of sp³-hybridized carbons (Fsp3) is 0.500. The van der Waals surface area contributed by atoms with Crippen LogP contribution >= 0.6 is 0 Å². The maximum Gasteiger partial charge on any atom is 0.243 e. The molecule has 7 heteroatoms. The van der Waals surface area contributed by atoms with Gasteiger partial charge in [-0.2, -0.15) is 4.31 Å². The summed E-state index contributed by atoms with van der Waals surface area (Å²) < 4.78 is 42.2. The van der Waals surface area contributed by atoms with Crippen molar-refractivity contribution in [3.63, 3.8) is 0 Å². The van der Waals surface area contributed by atoms with E-state index in [-0.39, 0.29) is 17.8 Å². The molecule has 0 amide bonds. The minimum atomic E-state index is -3.50. The Morgan fingerprint density at radius 2 is 2.05 bits per heavy atom. The van der Waals surface area contributed by atoms with E-state index in [0.717, 1.165) is 0 Å². The van der Waals surface area contributed by atoms with Crippen LogP contribution < -0.4 is 9.47 Å². The molecule has 0 saturated carbocycles. The Morgan fingerprint density at radius 3 is 2.84 bits per heavy atom. The predicted molar refractivity (Wildman–Crippen MR) is 66.7 cm³/mol. The number of fused-ring (bicyclic) bond motifs is 1. The minimum absolute atomic E-state index is 0.0856. The number of benzene rings is 1. The highest BCUT2D eigenvalue weighted by atomic mass is 32.2. The van der Waals surface area contributed by atoms with Crippen LogP contribution in [0, 0.1) is 0 Å². The maximum absolute atomic E-state index is 12.5. The number of morpholine rings is 1. The second kappa shape index (κ2) is 4.66. The lowest BCUT2D eigenvalue weighted by Crippen LogP contribution is -2.44. The van der Waals surface area contributed by atoms with Crippen molar-refractivity contribution in [2.24, 2.45) is 0 Å². The van der Waals surface area contributed by atoms with E-state index in [4.69, 9.17) is 14.2 Å². The van der Waals surface area contributed by atoms with E-state index in [1.165, 1.54) is 10.4 Å². The van der Waals surface area contributed by atoms with Gasteiger partial charge >= 0.3 is 0 Å². The van der Waals surface area contributed by atoms with E-state index < -0.39 is 10.0 Å². The summed E-state index contributed by atoms with van der Waals surface area (Å²) in [6, 6.07) is 4.68. The first-order valence-electron chi connectivity index (χ1n) is 6.09. The number of hydrogen-bond donors (Lipinski definition) is 0. The van der Waals surface area contributed by atoms with Crippen LogP contribution in [0.1, 0.15) is 6.92 Å². The van der Waals surface area contributed by atoms with Crippen LogP contribution in [0.15, 0.2) is 23.1 Å². The molecule has 0 N–H and O–H groups in total. The van der Waals surface area contributed by atoms with Gasteiger partial charge < -0.3 is 14.2 Å². The van der Waals surface area contributed by atoms with E-state index in [0.29, 0.717) is 31.2 Å². The molecule has 0 radical (unpaired) electrons. The van der Waals surface area contributed by atoms with Crippen molar-refractivity contribution < 1.29 is 22.6 Å². The van der Waals surface area contributed by atoms with Crippen molar-refractivity contribution in [3.05, 3.63) is 18.2 Å². The third-order valence-corrected chi connectivity index (χ3v) is 5.05. The van der Waals surface area contributed by atoms with Gasteiger partial charge in [-0.05, 0) is 19.1 Å². The lowest BCUT2D eigenvalue weighted by molar-refractivity contribution is 0.0102. The number of hydrogen-bond acceptors (Lipinski definition) is 5. The van der Waals surface area contributed by atoms with Gasteiger partial charge in [0.1, 0.15) is 0 Å². The third-order valence-electron chi connectivity index (χ3n) is 3.19. The van der Waals surface area contributed by atoms with Crippen LogP contribution in [0.2, 0.25) is 0 Å². The lowest BCUT2D eigenvalue weighted by Gasteiger charge is -2.30. The molecule has 2 heterocycles. The fourth-order valence-corrected chi connectivity index (χ4v) is 3.71. The average Bonchev–Trinajstić information content (AvgIpc) is 2.85. The summed E-state index contributed by atoms with van der Waals surface area (Å²) in [5.74, 6) is 1.05. The quantitative estimate of drug-likeness (QED) is 0.805. The molecule has 19 heavy (non-hydrogen) atoms. The summed E-state index contributed by atoms with van der Waals surface area (Å²) in [6.07, 6.45) is -0.0856. The fourth-order valence-electron chi connectivity index (χ4n) is 2.19. The number of ether oxygens (including phenoxy) is 3. The smallest absolute Gasteiger partial charge is 0.243 e. The average molecular weight is 285 g/mol. The highest BCUT2D eigenvalue weighted by Crippen LogP contribution is 2.34. The Morgan fingerprint density at radius 1 is 1.26 bits per heavy atom. The lowest BCUT2D eigenvalue weighted by atomic mass is 10.3. The zero-order valence-corrected chi connectivity index (χ0v) is 11.4. The normalized spacial score (nSPS) is 23.5. The molecule has 0 unspecified atom stereocenters. The molecule has 1 fully saturated rings. The SMILES string of the molecule is C[C@@H]1CN(S(=O)(=O)c2ccc3c(c2)OCO3)CCO1. The van der Waals surface area contributed by atoms with Crippen LogP contribution in [0.3, 0.4) is 0 Å². The molecular weight excluding hydrogens is 270 g/mol. The first-order chi connectivity index (χ1) is 9.07. The topological polar surface area (TPSA) is 65.1 Å². The highest BCUT2D eigenvalue weighted by molar-refractivity contribution is 7.89. The Hall–Kier alpha value is -1.31. The Balaban J connectivity index is 1.91. The largest absolute Gasteiger partial charge is 0.454 e. The molecule has 2 aliphatic rings. The minimum Gasteiger partial charge on any atom is -0.454 e. The molecule has 3 rings (SSSR count). The summed E-state index contributed by atoms with van der Waals surface area (Å²) in [4.78, 5) is 0.228. The van der Waals surface area contributed by atoms with Crippen LogP contribution in [0.5, 0.6) is 11.5 Å². The second-order valence-corrected chi connectivity index (χ2v) is 6.50. The molecule has 0 aromatic heterocycles. The van der Waals surface area contributed by atoms with E-state index in [1.54, 1.807) is 12.1 Å².